The van der Waals surface area contributed by atoms with Gasteiger partial charge in [0.25, 0.3) is 0 Å². The molecule has 21 heavy (non-hydrogen) atoms. The number of alkyl halides is 6. The molecule has 2 rings (SSSR count). The molecule has 9 heteroatoms. The fourth-order valence-corrected chi connectivity index (χ4v) is 1.97. The molecular formula is C12H8F6O3. The summed E-state index contributed by atoms with van der Waals surface area (Å²) in [6.45, 7) is 0. The highest BCUT2D eigenvalue weighted by molar-refractivity contribution is 6.00. The highest BCUT2D eigenvalue weighted by Crippen LogP contribution is 2.52. The molecule has 0 saturated heterocycles. The largest absolute Gasteiger partial charge is 0.497 e. The molecule has 1 aromatic carbocycles. The first-order valence-electron chi connectivity index (χ1n) is 5.55. The summed E-state index contributed by atoms with van der Waals surface area (Å²) in [4.78, 5) is 11.7. The van der Waals surface area contributed by atoms with Crippen molar-refractivity contribution in [2.75, 3.05) is 7.11 Å². The predicted octanol–water partition coefficient (Wildman–Crippen LogP) is 3.52. The molecule has 0 aromatic heterocycles. The van der Waals surface area contributed by atoms with E-state index < -0.39 is 35.9 Å². The lowest BCUT2D eigenvalue weighted by Crippen LogP contribution is -2.63. The molecule has 1 aromatic rings. The Bertz CT molecular complexity index is 561. The number of Topliss-reactive ketones (excluding diaryl/α,β-unsaturated/α-hetero) is 1. The third kappa shape index (κ3) is 2.30. The Labute approximate surface area is 114 Å². The Morgan fingerprint density at radius 1 is 1.14 bits per heavy atom. The number of halogens is 6. The molecule has 1 aliphatic heterocycles. The van der Waals surface area contributed by atoms with Crippen molar-refractivity contribution in [3.8, 4) is 11.5 Å². The van der Waals surface area contributed by atoms with Crippen molar-refractivity contribution in [1.82, 2.24) is 0 Å². The van der Waals surface area contributed by atoms with Crippen LogP contribution >= 0.6 is 0 Å². The monoisotopic (exact) mass is 314 g/mol. The molecule has 0 spiro atoms. The Morgan fingerprint density at radius 2 is 1.71 bits per heavy atom. The van der Waals surface area contributed by atoms with Crippen LogP contribution in [0.15, 0.2) is 18.2 Å². The van der Waals surface area contributed by atoms with Crippen molar-refractivity contribution >= 4 is 5.78 Å². The van der Waals surface area contributed by atoms with Gasteiger partial charge >= 0.3 is 18.0 Å². The van der Waals surface area contributed by atoms with Gasteiger partial charge in [0.05, 0.1) is 19.1 Å². The number of rotatable bonds is 1. The van der Waals surface area contributed by atoms with Gasteiger partial charge in [0.1, 0.15) is 11.5 Å². The van der Waals surface area contributed by atoms with Crippen molar-refractivity contribution in [2.45, 2.75) is 24.4 Å². The van der Waals surface area contributed by atoms with Gasteiger partial charge in [-0.2, -0.15) is 26.3 Å². The molecular weight excluding hydrogens is 306 g/mol. The first kappa shape index (κ1) is 15.5. The van der Waals surface area contributed by atoms with E-state index >= 15 is 0 Å². The summed E-state index contributed by atoms with van der Waals surface area (Å²) in [6.07, 6.45) is -13.4. The summed E-state index contributed by atoms with van der Waals surface area (Å²) in [7, 11) is 1.17. The van der Waals surface area contributed by atoms with E-state index in [1.165, 1.54) is 13.2 Å². The Balaban J connectivity index is 2.61. The van der Waals surface area contributed by atoms with Gasteiger partial charge in [-0.05, 0) is 12.1 Å². The zero-order valence-corrected chi connectivity index (χ0v) is 10.4. The molecule has 1 heterocycles. The van der Waals surface area contributed by atoms with E-state index in [-0.39, 0.29) is 11.3 Å². The van der Waals surface area contributed by atoms with Crippen molar-refractivity contribution in [1.29, 1.82) is 0 Å². The lowest BCUT2D eigenvalue weighted by Gasteiger charge is -2.39. The fourth-order valence-electron chi connectivity index (χ4n) is 1.97. The SMILES string of the molecule is COc1ccc2c(c1)OC(C(F)(F)F)(C(F)(F)F)CC2=O. The van der Waals surface area contributed by atoms with E-state index in [1.54, 1.807) is 0 Å². The van der Waals surface area contributed by atoms with Crippen molar-refractivity contribution < 1.29 is 40.6 Å². The maximum Gasteiger partial charge on any atom is 0.437 e. The zero-order valence-electron chi connectivity index (χ0n) is 10.4. The standard InChI is InChI=1S/C12H8F6O3/c1-20-6-2-3-7-8(19)5-10(11(13,14)15,12(16,17)18)21-9(7)4-6/h2-4H,5H2,1H3. The number of benzene rings is 1. The molecule has 1 aliphatic rings. The first-order valence-corrected chi connectivity index (χ1v) is 5.55. The van der Waals surface area contributed by atoms with Gasteiger partial charge in [0.2, 0.25) is 0 Å². The number of hydrogen-bond donors (Lipinski definition) is 0. The second kappa shape index (κ2) is 4.54. The fraction of sp³-hybridized carbons (Fsp3) is 0.417. The number of fused-ring (bicyclic) bond motifs is 1. The molecule has 0 aliphatic carbocycles. The van der Waals surface area contributed by atoms with Gasteiger partial charge in [-0.25, -0.2) is 0 Å². The normalized spacial score (nSPS) is 18.0. The van der Waals surface area contributed by atoms with E-state index in [9.17, 15) is 31.1 Å². The quantitative estimate of drug-likeness (QED) is 0.744. The number of carbonyl (C=O) groups is 1. The summed E-state index contributed by atoms with van der Waals surface area (Å²) < 4.78 is 86.4. The maximum absolute atomic E-state index is 12.9. The van der Waals surface area contributed by atoms with Crippen LogP contribution in [0.25, 0.3) is 0 Å². The summed E-state index contributed by atoms with van der Waals surface area (Å²) in [5.74, 6) is -2.13. The van der Waals surface area contributed by atoms with Gasteiger partial charge in [0, 0.05) is 6.07 Å². The van der Waals surface area contributed by atoms with E-state index in [2.05, 4.69) is 4.74 Å². The van der Waals surface area contributed by atoms with Gasteiger partial charge in [0.15, 0.2) is 5.78 Å². The number of ketones is 1. The average molecular weight is 314 g/mol. The predicted molar refractivity (Wildman–Crippen MR) is 57.4 cm³/mol. The lowest BCUT2D eigenvalue weighted by atomic mass is 9.88. The van der Waals surface area contributed by atoms with Gasteiger partial charge < -0.3 is 9.47 Å². The number of carbonyl (C=O) groups excluding carboxylic acids is 1. The van der Waals surface area contributed by atoms with Crippen LogP contribution < -0.4 is 9.47 Å². The second-order valence-electron chi connectivity index (χ2n) is 4.39. The average Bonchev–Trinajstić information content (AvgIpc) is 2.35. The summed E-state index contributed by atoms with van der Waals surface area (Å²) in [5.41, 5.74) is -4.89. The minimum absolute atomic E-state index is 0.0262. The molecule has 0 fully saturated rings. The van der Waals surface area contributed by atoms with Crippen LogP contribution in [0, 0.1) is 0 Å². The van der Waals surface area contributed by atoms with E-state index in [4.69, 9.17) is 4.74 Å². The topological polar surface area (TPSA) is 35.5 Å². The van der Waals surface area contributed by atoms with Gasteiger partial charge in [-0.1, -0.05) is 0 Å². The van der Waals surface area contributed by atoms with E-state index in [0.29, 0.717) is 0 Å². The molecule has 0 atom stereocenters. The highest BCUT2D eigenvalue weighted by Gasteiger charge is 2.75. The molecule has 0 N–H and O–H groups in total. The second-order valence-corrected chi connectivity index (χ2v) is 4.39. The van der Waals surface area contributed by atoms with Gasteiger partial charge in [-0.3, -0.25) is 4.79 Å². The summed E-state index contributed by atoms with van der Waals surface area (Å²) in [6, 6.07) is 3.13. The summed E-state index contributed by atoms with van der Waals surface area (Å²) >= 11 is 0. The van der Waals surface area contributed by atoms with Crippen LogP contribution in [-0.2, 0) is 0 Å². The molecule has 0 radical (unpaired) electrons. The first-order chi connectivity index (χ1) is 9.52. The Morgan fingerprint density at radius 3 is 2.19 bits per heavy atom. The molecule has 0 bridgehead atoms. The maximum atomic E-state index is 12.9. The van der Waals surface area contributed by atoms with Gasteiger partial charge in [-0.15, -0.1) is 0 Å². The van der Waals surface area contributed by atoms with Crippen LogP contribution in [0.1, 0.15) is 16.8 Å². The Hall–Kier alpha value is -1.93. The van der Waals surface area contributed by atoms with E-state index in [0.717, 1.165) is 12.1 Å². The van der Waals surface area contributed by atoms with Crippen LogP contribution in [0.4, 0.5) is 26.3 Å². The third-order valence-corrected chi connectivity index (χ3v) is 3.10. The van der Waals surface area contributed by atoms with Crippen LogP contribution in [0.3, 0.4) is 0 Å². The zero-order chi connectivity index (χ0) is 16.1. The molecule has 0 unspecified atom stereocenters. The summed E-state index contributed by atoms with van der Waals surface area (Å²) in [5, 5.41) is 0. The number of ether oxygens (including phenoxy) is 2. The third-order valence-electron chi connectivity index (χ3n) is 3.10. The number of hydrogen-bond acceptors (Lipinski definition) is 3. The van der Waals surface area contributed by atoms with Crippen LogP contribution in [0.2, 0.25) is 0 Å². The smallest absolute Gasteiger partial charge is 0.437 e. The highest BCUT2D eigenvalue weighted by atomic mass is 19.4. The van der Waals surface area contributed by atoms with Crippen LogP contribution in [-0.4, -0.2) is 30.8 Å². The van der Waals surface area contributed by atoms with E-state index in [1.807, 2.05) is 0 Å². The molecule has 3 nitrogen and oxygen atoms in total. The van der Waals surface area contributed by atoms with Crippen LogP contribution in [0.5, 0.6) is 11.5 Å². The van der Waals surface area contributed by atoms with Crippen molar-refractivity contribution in [3.05, 3.63) is 23.8 Å². The molecule has 0 saturated carbocycles. The Kier molecular flexibility index (Phi) is 3.34. The van der Waals surface area contributed by atoms with Crippen molar-refractivity contribution in [2.24, 2.45) is 0 Å². The molecule has 116 valence electrons. The van der Waals surface area contributed by atoms with Crippen molar-refractivity contribution in [3.63, 3.8) is 0 Å². The molecule has 0 amide bonds. The minimum atomic E-state index is -5.79. The number of methoxy groups -OCH3 is 1. The lowest BCUT2D eigenvalue weighted by molar-refractivity contribution is -0.356. The minimum Gasteiger partial charge on any atom is -0.497 e.